The molecule has 2 heterocycles. The van der Waals surface area contributed by atoms with Gasteiger partial charge in [0.15, 0.2) is 0 Å². The number of aliphatic hydroxyl groups is 1. The smallest absolute Gasteiger partial charge is 0.242 e. The highest BCUT2D eigenvalue weighted by Crippen LogP contribution is 2.21. The maximum Gasteiger partial charge on any atom is 0.242 e. The molecule has 7 nitrogen and oxygen atoms in total. The van der Waals surface area contributed by atoms with Crippen molar-refractivity contribution in [3.8, 4) is 0 Å². The highest BCUT2D eigenvalue weighted by molar-refractivity contribution is 5.83. The van der Waals surface area contributed by atoms with Crippen LogP contribution in [0.3, 0.4) is 0 Å². The summed E-state index contributed by atoms with van der Waals surface area (Å²) in [6, 6.07) is 1.94. The molecule has 1 aliphatic rings. The minimum absolute atomic E-state index is 0.0148. The number of amides is 2. The molecular weight excluding hydrogens is 260 g/mol. The predicted octanol–water partition coefficient (Wildman–Crippen LogP) is -0.784. The second-order valence-corrected chi connectivity index (χ2v) is 5.28. The van der Waals surface area contributed by atoms with Gasteiger partial charge in [-0.05, 0) is 19.4 Å². The van der Waals surface area contributed by atoms with E-state index in [1.807, 2.05) is 13.0 Å². The third kappa shape index (κ3) is 3.57. The number of aryl methyl sites for hydroxylation is 1. The van der Waals surface area contributed by atoms with Crippen LogP contribution in [0.15, 0.2) is 6.07 Å². The number of aliphatic hydroxyl groups excluding tert-OH is 1. The number of β-amino-alcohol motifs (C(OH)–C–C–N with tert-alkyl or cyclic N) is 1. The molecule has 3 N–H and O–H groups in total. The number of hydrogen-bond donors (Lipinski definition) is 3. The van der Waals surface area contributed by atoms with Crippen molar-refractivity contribution >= 4 is 11.8 Å². The molecule has 1 fully saturated rings. The van der Waals surface area contributed by atoms with Crippen LogP contribution in [0.1, 0.15) is 18.3 Å². The van der Waals surface area contributed by atoms with E-state index in [0.717, 1.165) is 11.4 Å². The van der Waals surface area contributed by atoms with Crippen molar-refractivity contribution in [1.82, 2.24) is 20.4 Å². The number of nitrogens with one attached hydrogen (secondary N) is 2. The first-order chi connectivity index (χ1) is 9.45. The standard InChI is InChI=1S/C13H20N4O3/c1-8-3-11(16-15-8)4-10-6-17(7-12(10)19)13(20)5-14-9(2)18/h3,10,12,19H,4-7H2,1-2H3,(H,14,18)(H,15,16)/t10-,12-/m1/s1. The Kier molecular flexibility index (Phi) is 4.39. The molecule has 2 amide bonds. The van der Waals surface area contributed by atoms with E-state index in [9.17, 15) is 14.7 Å². The minimum atomic E-state index is -0.548. The lowest BCUT2D eigenvalue weighted by molar-refractivity contribution is -0.131. The van der Waals surface area contributed by atoms with Crippen LogP contribution in [0.5, 0.6) is 0 Å². The molecule has 0 radical (unpaired) electrons. The van der Waals surface area contributed by atoms with Crippen LogP contribution < -0.4 is 5.32 Å². The second-order valence-electron chi connectivity index (χ2n) is 5.28. The average Bonchev–Trinajstić information content (AvgIpc) is 2.94. The molecule has 0 unspecified atom stereocenters. The number of likely N-dealkylation sites (tertiary alicyclic amines) is 1. The molecule has 20 heavy (non-hydrogen) atoms. The molecule has 0 aliphatic carbocycles. The van der Waals surface area contributed by atoms with Crippen LogP contribution >= 0.6 is 0 Å². The lowest BCUT2D eigenvalue weighted by Crippen LogP contribution is -2.38. The van der Waals surface area contributed by atoms with Gasteiger partial charge in [0.1, 0.15) is 0 Å². The van der Waals surface area contributed by atoms with Gasteiger partial charge in [0.05, 0.1) is 18.3 Å². The van der Waals surface area contributed by atoms with E-state index in [1.165, 1.54) is 6.92 Å². The third-order valence-corrected chi connectivity index (χ3v) is 3.48. The lowest BCUT2D eigenvalue weighted by Gasteiger charge is -2.15. The zero-order valence-corrected chi connectivity index (χ0v) is 11.7. The van der Waals surface area contributed by atoms with Gasteiger partial charge in [-0.25, -0.2) is 0 Å². The molecule has 1 saturated heterocycles. The van der Waals surface area contributed by atoms with Gasteiger partial charge in [0.25, 0.3) is 0 Å². The molecule has 1 aromatic rings. The maximum atomic E-state index is 11.9. The third-order valence-electron chi connectivity index (χ3n) is 3.48. The van der Waals surface area contributed by atoms with E-state index in [1.54, 1.807) is 4.90 Å². The fraction of sp³-hybridized carbons (Fsp3) is 0.615. The summed E-state index contributed by atoms with van der Waals surface area (Å²) in [5.74, 6) is -0.416. The quantitative estimate of drug-likeness (QED) is 0.673. The predicted molar refractivity (Wildman–Crippen MR) is 71.8 cm³/mol. The molecular formula is C13H20N4O3. The van der Waals surface area contributed by atoms with Gasteiger partial charge in [0.2, 0.25) is 11.8 Å². The first kappa shape index (κ1) is 14.5. The number of hydrogen-bond acceptors (Lipinski definition) is 4. The van der Waals surface area contributed by atoms with Crippen molar-refractivity contribution in [1.29, 1.82) is 0 Å². The molecule has 0 spiro atoms. The number of aromatic nitrogens is 2. The Hall–Kier alpha value is -1.89. The van der Waals surface area contributed by atoms with E-state index < -0.39 is 6.10 Å². The normalized spacial score (nSPS) is 22.1. The van der Waals surface area contributed by atoms with Gasteiger partial charge in [-0.15, -0.1) is 0 Å². The number of nitrogens with zero attached hydrogens (tertiary/aromatic N) is 2. The van der Waals surface area contributed by atoms with Crippen LogP contribution in [-0.4, -0.2) is 57.8 Å². The van der Waals surface area contributed by atoms with Crippen LogP contribution in [0.2, 0.25) is 0 Å². The molecule has 2 atom stereocenters. The number of H-pyrrole nitrogens is 1. The first-order valence-corrected chi connectivity index (χ1v) is 6.67. The van der Waals surface area contributed by atoms with Crippen molar-refractivity contribution in [2.75, 3.05) is 19.6 Å². The van der Waals surface area contributed by atoms with E-state index >= 15 is 0 Å². The van der Waals surface area contributed by atoms with Crippen molar-refractivity contribution in [2.24, 2.45) is 5.92 Å². The molecule has 1 aliphatic heterocycles. The lowest BCUT2D eigenvalue weighted by atomic mass is 10.0. The average molecular weight is 280 g/mol. The van der Waals surface area contributed by atoms with E-state index in [4.69, 9.17) is 0 Å². The number of rotatable bonds is 4. The maximum absolute atomic E-state index is 11.9. The number of aromatic amines is 1. The summed E-state index contributed by atoms with van der Waals surface area (Å²) in [5, 5.41) is 19.5. The summed E-state index contributed by atoms with van der Waals surface area (Å²) in [7, 11) is 0. The topological polar surface area (TPSA) is 98.3 Å². The Morgan fingerprint density at radius 1 is 1.55 bits per heavy atom. The summed E-state index contributed by atoms with van der Waals surface area (Å²) in [6.07, 6.45) is 0.0865. The molecule has 0 bridgehead atoms. The Balaban J connectivity index is 1.88. The first-order valence-electron chi connectivity index (χ1n) is 6.67. The van der Waals surface area contributed by atoms with Crippen molar-refractivity contribution in [3.63, 3.8) is 0 Å². The molecule has 0 aromatic carbocycles. The Bertz CT molecular complexity index is 500. The molecule has 1 aromatic heterocycles. The fourth-order valence-electron chi connectivity index (χ4n) is 2.42. The molecule has 2 rings (SSSR count). The Morgan fingerprint density at radius 2 is 2.30 bits per heavy atom. The zero-order chi connectivity index (χ0) is 14.7. The van der Waals surface area contributed by atoms with Gasteiger partial charge in [-0.2, -0.15) is 5.10 Å². The van der Waals surface area contributed by atoms with Crippen molar-refractivity contribution in [3.05, 3.63) is 17.5 Å². The summed E-state index contributed by atoms with van der Waals surface area (Å²) in [6.45, 7) is 4.08. The number of carbonyl (C=O) groups is 2. The van der Waals surface area contributed by atoms with Gasteiger partial charge >= 0.3 is 0 Å². The van der Waals surface area contributed by atoms with Crippen molar-refractivity contribution in [2.45, 2.75) is 26.4 Å². The Morgan fingerprint density at radius 3 is 2.90 bits per heavy atom. The van der Waals surface area contributed by atoms with Crippen LogP contribution in [0, 0.1) is 12.8 Å². The molecule has 110 valence electrons. The summed E-state index contributed by atoms with van der Waals surface area (Å²) < 4.78 is 0. The summed E-state index contributed by atoms with van der Waals surface area (Å²) in [5.41, 5.74) is 1.87. The van der Waals surface area contributed by atoms with Gasteiger partial charge in [-0.1, -0.05) is 0 Å². The summed E-state index contributed by atoms with van der Waals surface area (Å²) >= 11 is 0. The fourth-order valence-corrected chi connectivity index (χ4v) is 2.42. The molecule has 0 saturated carbocycles. The van der Waals surface area contributed by atoms with E-state index in [0.29, 0.717) is 19.5 Å². The van der Waals surface area contributed by atoms with Gasteiger partial charge < -0.3 is 15.3 Å². The van der Waals surface area contributed by atoms with Crippen molar-refractivity contribution < 1.29 is 14.7 Å². The monoisotopic (exact) mass is 280 g/mol. The summed E-state index contributed by atoms with van der Waals surface area (Å²) in [4.78, 5) is 24.3. The highest BCUT2D eigenvalue weighted by atomic mass is 16.3. The largest absolute Gasteiger partial charge is 0.391 e. The number of carbonyl (C=O) groups excluding carboxylic acids is 2. The van der Waals surface area contributed by atoms with E-state index in [-0.39, 0.29) is 24.3 Å². The van der Waals surface area contributed by atoms with Crippen LogP contribution in [0.4, 0.5) is 0 Å². The van der Waals surface area contributed by atoms with Crippen LogP contribution in [0.25, 0.3) is 0 Å². The van der Waals surface area contributed by atoms with Gasteiger partial charge in [0, 0.05) is 31.6 Å². The minimum Gasteiger partial charge on any atom is -0.391 e. The second kappa shape index (κ2) is 6.04. The highest BCUT2D eigenvalue weighted by Gasteiger charge is 2.34. The SMILES string of the molecule is CC(=O)NCC(=O)N1C[C@@H](Cc2cc(C)[nH]n2)[C@H](O)C1. The van der Waals surface area contributed by atoms with E-state index in [2.05, 4.69) is 15.5 Å². The molecule has 7 heteroatoms. The zero-order valence-electron chi connectivity index (χ0n) is 11.7. The Labute approximate surface area is 117 Å². The van der Waals surface area contributed by atoms with Gasteiger partial charge in [-0.3, -0.25) is 14.7 Å². The van der Waals surface area contributed by atoms with Crippen LogP contribution in [-0.2, 0) is 16.0 Å².